The second kappa shape index (κ2) is 4.24. The van der Waals surface area contributed by atoms with Crippen molar-refractivity contribution in [3.63, 3.8) is 0 Å². The van der Waals surface area contributed by atoms with Gasteiger partial charge in [0.05, 0.1) is 0 Å². The highest BCUT2D eigenvalue weighted by atomic mass is 16.5. The predicted octanol–water partition coefficient (Wildman–Crippen LogP) is 2.83. The molecule has 4 nitrogen and oxygen atoms in total. The molecule has 1 heterocycles. The van der Waals surface area contributed by atoms with Crippen LogP contribution in [-0.4, -0.2) is 15.9 Å². The van der Waals surface area contributed by atoms with Crippen molar-refractivity contribution < 1.29 is 14.3 Å². The van der Waals surface area contributed by atoms with Gasteiger partial charge >= 0.3 is 5.95 Å². The molecule has 94 valence electrons. The van der Waals surface area contributed by atoms with Gasteiger partial charge in [-0.2, -0.15) is 0 Å². The summed E-state index contributed by atoms with van der Waals surface area (Å²) in [5, 5.41) is 9.59. The largest absolute Gasteiger partial charge is 0.479 e. The van der Waals surface area contributed by atoms with Crippen LogP contribution in [0.2, 0.25) is 0 Å². The lowest BCUT2D eigenvalue weighted by atomic mass is 9.91. The minimum atomic E-state index is -0.273. The van der Waals surface area contributed by atoms with Crippen LogP contribution in [0.5, 0.6) is 5.95 Å². The van der Waals surface area contributed by atoms with Gasteiger partial charge in [-0.3, -0.25) is 4.79 Å². The van der Waals surface area contributed by atoms with E-state index in [0.717, 1.165) is 11.1 Å². The standard InChI is InChI=1S/C15H11NO3/c1-9-16-13(15(18)19-9)8-12-11-5-3-2-4-10(11)6-7-14(12)17/h2-8,18H,1H3. The third-order valence-corrected chi connectivity index (χ3v) is 2.95. The minimum absolute atomic E-state index is 0.112. The first kappa shape index (κ1) is 11.5. The molecule has 0 atom stereocenters. The van der Waals surface area contributed by atoms with E-state index in [-0.39, 0.29) is 17.4 Å². The molecule has 1 aromatic heterocycles. The highest BCUT2D eigenvalue weighted by Gasteiger charge is 2.18. The normalized spacial score (nSPS) is 15.8. The average molecular weight is 253 g/mol. The van der Waals surface area contributed by atoms with Crippen LogP contribution in [0, 0.1) is 6.92 Å². The van der Waals surface area contributed by atoms with E-state index in [1.54, 1.807) is 19.1 Å². The number of carbonyl (C=O) groups is 1. The molecule has 2 aromatic rings. The van der Waals surface area contributed by atoms with Crippen molar-refractivity contribution in [2.45, 2.75) is 6.92 Å². The Bertz CT molecular complexity index is 723. The molecule has 0 radical (unpaired) electrons. The van der Waals surface area contributed by atoms with E-state index in [0.29, 0.717) is 11.5 Å². The Morgan fingerprint density at radius 3 is 2.79 bits per heavy atom. The van der Waals surface area contributed by atoms with Crippen molar-refractivity contribution in [3.8, 4) is 5.95 Å². The lowest BCUT2D eigenvalue weighted by molar-refractivity contribution is -0.109. The first-order chi connectivity index (χ1) is 9.15. The first-order valence-electron chi connectivity index (χ1n) is 5.85. The Balaban J connectivity index is 2.16. The van der Waals surface area contributed by atoms with Gasteiger partial charge in [-0.15, -0.1) is 0 Å². The molecule has 0 unspecified atom stereocenters. The summed E-state index contributed by atoms with van der Waals surface area (Å²) in [5.41, 5.74) is 2.57. The van der Waals surface area contributed by atoms with Gasteiger partial charge in [0.15, 0.2) is 11.7 Å². The molecule has 1 aliphatic rings. The zero-order valence-corrected chi connectivity index (χ0v) is 10.3. The van der Waals surface area contributed by atoms with Crippen LogP contribution in [0.25, 0.3) is 17.7 Å². The fourth-order valence-corrected chi connectivity index (χ4v) is 2.09. The number of allylic oxidation sites excluding steroid dienone is 2. The van der Waals surface area contributed by atoms with Gasteiger partial charge < -0.3 is 9.52 Å². The highest BCUT2D eigenvalue weighted by Crippen LogP contribution is 2.30. The molecule has 0 saturated heterocycles. The van der Waals surface area contributed by atoms with Gasteiger partial charge in [0.25, 0.3) is 0 Å². The number of hydrogen-bond acceptors (Lipinski definition) is 4. The van der Waals surface area contributed by atoms with Gasteiger partial charge in [0.2, 0.25) is 0 Å². The lowest BCUT2D eigenvalue weighted by Gasteiger charge is -2.12. The monoisotopic (exact) mass is 253 g/mol. The third kappa shape index (κ3) is 1.97. The van der Waals surface area contributed by atoms with Crippen molar-refractivity contribution >= 4 is 23.5 Å². The van der Waals surface area contributed by atoms with Crippen LogP contribution >= 0.6 is 0 Å². The first-order valence-corrected chi connectivity index (χ1v) is 5.85. The number of fused-ring (bicyclic) bond motifs is 1. The van der Waals surface area contributed by atoms with Crippen LogP contribution in [0.4, 0.5) is 0 Å². The van der Waals surface area contributed by atoms with E-state index in [4.69, 9.17) is 4.42 Å². The highest BCUT2D eigenvalue weighted by molar-refractivity contribution is 6.33. The van der Waals surface area contributed by atoms with Crippen molar-refractivity contribution in [2.24, 2.45) is 0 Å². The van der Waals surface area contributed by atoms with Gasteiger partial charge in [-0.25, -0.2) is 4.98 Å². The van der Waals surface area contributed by atoms with E-state index in [1.165, 1.54) is 6.08 Å². The molecule has 4 heteroatoms. The average Bonchev–Trinajstić information content (AvgIpc) is 2.71. The zero-order valence-electron chi connectivity index (χ0n) is 10.3. The number of hydrogen-bond donors (Lipinski definition) is 1. The molecule has 1 aromatic carbocycles. The van der Waals surface area contributed by atoms with Crippen molar-refractivity contribution in [1.82, 2.24) is 4.98 Å². The Kier molecular flexibility index (Phi) is 2.56. The Morgan fingerprint density at radius 2 is 2.05 bits per heavy atom. The quantitative estimate of drug-likeness (QED) is 0.794. The van der Waals surface area contributed by atoms with E-state index >= 15 is 0 Å². The second-order valence-corrected chi connectivity index (χ2v) is 4.27. The molecule has 19 heavy (non-hydrogen) atoms. The summed E-state index contributed by atoms with van der Waals surface area (Å²) >= 11 is 0. The van der Waals surface area contributed by atoms with Crippen LogP contribution in [-0.2, 0) is 4.79 Å². The Hall–Kier alpha value is -2.62. The summed E-state index contributed by atoms with van der Waals surface area (Å²) in [6.07, 6.45) is 4.84. The maximum absolute atomic E-state index is 12.0. The predicted molar refractivity (Wildman–Crippen MR) is 71.3 cm³/mol. The van der Waals surface area contributed by atoms with Crippen LogP contribution in [0.3, 0.4) is 0 Å². The number of aryl methyl sites for hydroxylation is 1. The summed E-state index contributed by atoms with van der Waals surface area (Å²) in [6.45, 7) is 1.64. The number of aromatic hydroxyl groups is 1. The number of aromatic nitrogens is 1. The van der Waals surface area contributed by atoms with E-state index < -0.39 is 0 Å². The second-order valence-electron chi connectivity index (χ2n) is 4.27. The summed E-state index contributed by atoms with van der Waals surface area (Å²) in [4.78, 5) is 16.0. The number of oxazole rings is 1. The summed E-state index contributed by atoms with van der Waals surface area (Å²) in [5.74, 6) is -0.0278. The molecular weight excluding hydrogens is 242 g/mol. The number of ketones is 1. The van der Waals surface area contributed by atoms with E-state index in [2.05, 4.69) is 4.98 Å². The fourth-order valence-electron chi connectivity index (χ4n) is 2.09. The van der Waals surface area contributed by atoms with Crippen molar-refractivity contribution in [3.05, 3.63) is 53.1 Å². The molecule has 0 saturated carbocycles. The molecular formula is C15H11NO3. The number of benzene rings is 1. The number of rotatable bonds is 1. The van der Waals surface area contributed by atoms with Crippen LogP contribution in [0.15, 0.2) is 34.8 Å². The van der Waals surface area contributed by atoms with E-state index in [1.807, 2.05) is 24.3 Å². The third-order valence-electron chi connectivity index (χ3n) is 2.95. The fraction of sp³-hybridized carbons (Fsp3) is 0.0667. The van der Waals surface area contributed by atoms with Crippen molar-refractivity contribution in [1.29, 1.82) is 0 Å². The minimum Gasteiger partial charge on any atom is -0.479 e. The SMILES string of the molecule is Cc1nc(C=C2C(=O)C=Cc3ccccc32)c(O)o1. The molecule has 1 aliphatic carbocycles. The lowest BCUT2D eigenvalue weighted by Crippen LogP contribution is -2.04. The summed E-state index contributed by atoms with van der Waals surface area (Å²) < 4.78 is 4.95. The molecule has 0 bridgehead atoms. The van der Waals surface area contributed by atoms with Crippen LogP contribution in [0.1, 0.15) is 22.7 Å². The molecule has 1 N–H and O–H groups in total. The Labute approximate surface area is 109 Å². The van der Waals surface area contributed by atoms with Crippen molar-refractivity contribution in [2.75, 3.05) is 0 Å². The number of nitrogens with zero attached hydrogens (tertiary/aromatic N) is 1. The van der Waals surface area contributed by atoms with Crippen LogP contribution < -0.4 is 0 Å². The van der Waals surface area contributed by atoms with Gasteiger partial charge in [-0.1, -0.05) is 30.3 Å². The Morgan fingerprint density at radius 1 is 1.26 bits per heavy atom. The molecule has 3 rings (SSSR count). The topological polar surface area (TPSA) is 63.3 Å². The van der Waals surface area contributed by atoms with E-state index in [9.17, 15) is 9.90 Å². The molecule has 0 spiro atoms. The molecule has 0 amide bonds. The molecule has 0 aliphatic heterocycles. The summed E-state index contributed by atoms with van der Waals surface area (Å²) in [7, 11) is 0. The summed E-state index contributed by atoms with van der Waals surface area (Å²) in [6, 6.07) is 7.58. The maximum Gasteiger partial charge on any atom is 0.310 e. The zero-order chi connectivity index (χ0) is 13.4. The van der Waals surface area contributed by atoms with Gasteiger partial charge in [0.1, 0.15) is 5.69 Å². The maximum atomic E-state index is 12.0. The molecule has 0 fully saturated rings. The smallest absolute Gasteiger partial charge is 0.310 e. The van der Waals surface area contributed by atoms with Gasteiger partial charge in [-0.05, 0) is 23.3 Å². The number of carbonyl (C=O) groups excluding carboxylic acids is 1. The van der Waals surface area contributed by atoms with Gasteiger partial charge in [0, 0.05) is 12.5 Å².